The molecule has 0 radical (unpaired) electrons. The Morgan fingerprint density at radius 1 is 1.06 bits per heavy atom. The van der Waals surface area contributed by atoms with Crippen molar-refractivity contribution in [3.05, 3.63) is 33.3 Å². The third-order valence-electron chi connectivity index (χ3n) is 4.19. The molecule has 186 valence electrons. The Hall–Kier alpha value is -1.28. The van der Waals surface area contributed by atoms with Crippen molar-refractivity contribution in [2.24, 2.45) is 0 Å². The minimum absolute atomic E-state index is 0.331. The van der Waals surface area contributed by atoms with Gasteiger partial charge in [-0.1, -0.05) is 13.8 Å². The van der Waals surface area contributed by atoms with Crippen LogP contribution in [-0.2, 0) is 45.3 Å². The van der Waals surface area contributed by atoms with Crippen molar-refractivity contribution in [1.82, 2.24) is 19.6 Å². The maximum absolute atomic E-state index is 11.5. The molecule has 4 rings (SSSR count). The van der Waals surface area contributed by atoms with Crippen molar-refractivity contribution in [2.75, 3.05) is 26.4 Å². The summed E-state index contributed by atoms with van der Waals surface area (Å²) in [6.07, 6.45) is 0. The van der Waals surface area contributed by atoms with E-state index in [1.54, 1.807) is 36.2 Å². The third kappa shape index (κ3) is 8.46. The molecular formula is C20H29Br3N4O6. The molecule has 0 saturated heterocycles. The molecule has 0 fully saturated rings. The predicted octanol–water partition coefficient (Wildman–Crippen LogP) is 4.66. The first-order valence-electron chi connectivity index (χ1n) is 10.9. The SMILES string of the molecule is BrBr.CCOC(=O)c1cc2n(n1)CCOC2.CCOC(=O)c1nn2c(c1Br)COCC2.[2H]CC. The molecule has 0 spiro atoms. The second kappa shape index (κ2) is 16.4. The highest BCUT2D eigenvalue weighted by Crippen LogP contribution is 2.25. The van der Waals surface area contributed by atoms with Crippen LogP contribution in [0.4, 0.5) is 0 Å². The molecule has 0 saturated carbocycles. The van der Waals surface area contributed by atoms with Crippen molar-refractivity contribution in [1.29, 1.82) is 0 Å². The van der Waals surface area contributed by atoms with Crippen LogP contribution in [0.15, 0.2) is 10.5 Å². The molecule has 0 unspecified atom stereocenters. The van der Waals surface area contributed by atoms with Crippen LogP contribution in [0.2, 0.25) is 0 Å². The Bertz CT molecular complexity index is 886. The molecule has 0 bridgehead atoms. The molecule has 0 aromatic carbocycles. The Kier molecular flexibility index (Phi) is 13.9. The van der Waals surface area contributed by atoms with E-state index in [-0.39, 0.29) is 5.97 Å². The monoisotopic (exact) mass is 659 g/mol. The molecule has 0 amide bonds. The van der Waals surface area contributed by atoms with Gasteiger partial charge in [-0.25, -0.2) is 9.59 Å². The van der Waals surface area contributed by atoms with Crippen molar-refractivity contribution in [3.63, 3.8) is 0 Å². The van der Waals surface area contributed by atoms with E-state index in [2.05, 4.69) is 54.4 Å². The van der Waals surface area contributed by atoms with Crippen LogP contribution in [0.25, 0.3) is 0 Å². The summed E-state index contributed by atoms with van der Waals surface area (Å²) in [5.74, 6) is -0.763. The lowest BCUT2D eigenvalue weighted by atomic mass is 10.3. The van der Waals surface area contributed by atoms with E-state index < -0.39 is 5.97 Å². The van der Waals surface area contributed by atoms with Crippen LogP contribution in [0.5, 0.6) is 0 Å². The Labute approximate surface area is 218 Å². The van der Waals surface area contributed by atoms with Gasteiger partial charge in [0.25, 0.3) is 0 Å². The summed E-state index contributed by atoms with van der Waals surface area (Å²) in [6.45, 7) is 10.2. The second-order valence-corrected chi connectivity index (χ2v) is 6.92. The number of hydrogen-bond acceptors (Lipinski definition) is 8. The zero-order valence-electron chi connectivity index (χ0n) is 19.8. The number of nitrogens with zero attached hydrogens (tertiary/aromatic N) is 4. The zero-order chi connectivity index (χ0) is 25.5. The fourth-order valence-electron chi connectivity index (χ4n) is 2.85. The lowest BCUT2D eigenvalue weighted by Crippen LogP contribution is -2.17. The lowest BCUT2D eigenvalue weighted by Gasteiger charge is -2.13. The summed E-state index contributed by atoms with van der Waals surface area (Å²) in [7, 11) is 0. The fourth-order valence-corrected chi connectivity index (χ4v) is 3.41. The molecule has 2 aliphatic heterocycles. The average Bonchev–Trinajstić information content (AvgIpc) is 3.43. The number of esters is 2. The topological polar surface area (TPSA) is 107 Å². The smallest absolute Gasteiger partial charge is 0.360 e. The molecule has 0 aliphatic carbocycles. The molecule has 2 aromatic rings. The molecular weight excluding hydrogens is 632 g/mol. The number of fused-ring (bicyclic) bond motifs is 2. The molecule has 33 heavy (non-hydrogen) atoms. The van der Waals surface area contributed by atoms with Crippen LogP contribution in [-0.4, -0.2) is 57.9 Å². The van der Waals surface area contributed by atoms with Crippen molar-refractivity contribution in [2.45, 2.75) is 54.0 Å². The van der Waals surface area contributed by atoms with E-state index in [0.29, 0.717) is 75.5 Å². The minimum atomic E-state index is -0.397. The molecule has 0 atom stereocenters. The number of aromatic nitrogens is 4. The van der Waals surface area contributed by atoms with E-state index in [1.807, 2.05) is 0 Å². The summed E-state index contributed by atoms with van der Waals surface area (Å²) >= 11 is 8.84. The van der Waals surface area contributed by atoms with E-state index in [9.17, 15) is 9.59 Å². The van der Waals surface area contributed by atoms with E-state index in [0.717, 1.165) is 11.4 Å². The molecule has 0 N–H and O–H groups in total. The van der Waals surface area contributed by atoms with E-state index in [1.165, 1.54) is 0 Å². The van der Waals surface area contributed by atoms with Crippen LogP contribution in [0.1, 0.15) is 61.4 Å². The fraction of sp³-hybridized carbons (Fsp3) is 0.600. The molecule has 10 nitrogen and oxygen atoms in total. The Morgan fingerprint density at radius 2 is 1.64 bits per heavy atom. The van der Waals surface area contributed by atoms with Crippen LogP contribution >= 0.6 is 44.2 Å². The quantitative estimate of drug-likeness (QED) is 0.436. The maximum atomic E-state index is 11.5. The highest BCUT2D eigenvalue weighted by atomic mass is 80.9. The van der Waals surface area contributed by atoms with Crippen LogP contribution in [0.3, 0.4) is 0 Å². The number of carbonyl (C=O) groups is 2. The molecule has 13 heteroatoms. The largest absolute Gasteiger partial charge is 0.461 e. The highest BCUT2D eigenvalue weighted by Gasteiger charge is 2.24. The summed E-state index contributed by atoms with van der Waals surface area (Å²) in [5, 5.41) is 8.32. The summed E-state index contributed by atoms with van der Waals surface area (Å²) in [5.41, 5.74) is 2.52. The summed E-state index contributed by atoms with van der Waals surface area (Å²) in [6, 6.07) is 1.72. The number of rotatable bonds is 4. The normalized spacial score (nSPS) is 13.8. The predicted molar refractivity (Wildman–Crippen MR) is 133 cm³/mol. The van der Waals surface area contributed by atoms with Crippen LogP contribution in [0, 0.1) is 0 Å². The molecule has 2 aromatic heterocycles. The van der Waals surface area contributed by atoms with Gasteiger partial charge in [0.15, 0.2) is 11.4 Å². The Balaban J connectivity index is 0.000000287. The summed E-state index contributed by atoms with van der Waals surface area (Å²) in [4.78, 5) is 22.8. The van der Waals surface area contributed by atoms with Gasteiger partial charge >= 0.3 is 11.9 Å². The van der Waals surface area contributed by atoms with Gasteiger partial charge in [-0.2, -0.15) is 10.2 Å². The number of halogens is 3. The lowest BCUT2D eigenvalue weighted by molar-refractivity contribution is 0.0507. The maximum Gasteiger partial charge on any atom is 0.360 e. The van der Waals surface area contributed by atoms with Gasteiger partial charge < -0.3 is 18.9 Å². The second-order valence-electron chi connectivity index (χ2n) is 6.12. The molecule has 2 aliphatic rings. The Morgan fingerprint density at radius 3 is 2.21 bits per heavy atom. The first-order valence-corrected chi connectivity index (χ1v) is 14.7. The van der Waals surface area contributed by atoms with Crippen molar-refractivity contribution in [3.8, 4) is 0 Å². The van der Waals surface area contributed by atoms with Gasteiger partial charge in [-0.05, 0) is 35.8 Å². The van der Waals surface area contributed by atoms with Gasteiger partial charge in [-0.15, -0.1) is 0 Å². The van der Waals surface area contributed by atoms with E-state index in [4.69, 9.17) is 20.3 Å². The highest BCUT2D eigenvalue weighted by molar-refractivity contribution is 9.93. The number of hydrogen-bond donors (Lipinski definition) is 0. The average molecular weight is 662 g/mol. The number of carbonyl (C=O) groups excluding carboxylic acids is 2. The summed E-state index contributed by atoms with van der Waals surface area (Å²) < 4.78 is 30.7. The van der Waals surface area contributed by atoms with Gasteiger partial charge in [0.1, 0.15) is 0 Å². The number of ether oxygens (including phenoxy) is 4. The zero-order valence-corrected chi connectivity index (χ0v) is 23.6. The third-order valence-corrected chi connectivity index (χ3v) is 5.03. The van der Waals surface area contributed by atoms with Gasteiger partial charge in [0.05, 0.1) is 68.6 Å². The standard InChI is InChI=1S/C9H11BrN2O3.C9H12N2O3.C2H6.Br2/c1-2-15-9(13)8-7(10)6-5-14-4-3-12(6)11-8;1-2-14-9(12)8-5-7-6-13-4-3-11(7)10-8;2*1-2/h2-5H2,1H3;5H,2-4,6H2,1H3;1-2H3;/i;;1D;. The van der Waals surface area contributed by atoms with Gasteiger partial charge in [0, 0.05) is 29.6 Å². The van der Waals surface area contributed by atoms with Gasteiger partial charge in [-0.3, -0.25) is 9.36 Å². The first-order chi connectivity index (χ1) is 16.5. The minimum Gasteiger partial charge on any atom is -0.461 e. The first kappa shape index (κ1) is 28.0. The van der Waals surface area contributed by atoms with Crippen molar-refractivity contribution < 1.29 is 29.9 Å². The van der Waals surface area contributed by atoms with Crippen LogP contribution < -0.4 is 0 Å². The van der Waals surface area contributed by atoms with Crippen molar-refractivity contribution >= 4 is 56.1 Å². The van der Waals surface area contributed by atoms with Gasteiger partial charge in [0.2, 0.25) is 0 Å². The van der Waals surface area contributed by atoms with E-state index >= 15 is 0 Å². The molecule has 4 heterocycles.